The number of benzene rings is 1. The number of nitrogens with one attached hydrogen (secondary N) is 1. The van der Waals surface area contributed by atoms with Crippen molar-refractivity contribution in [1.82, 2.24) is 5.48 Å². The minimum Gasteiger partial charge on any atom is -0.343 e. The average molecular weight is 247 g/mol. The van der Waals surface area contributed by atoms with E-state index in [-0.39, 0.29) is 12.5 Å². The first kappa shape index (κ1) is 12.1. The summed E-state index contributed by atoms with van der Waals surface area (Å²) in [6.07, 6.45) is 0. The van der Waals surface area contributed by atoms with Gasteiger partial charge in [0, 0.05) is 13.8 Å². The molecule has 0 atom stereocenters. The number of rotatable bonds is 0. The number of carbonyl (C=O) groups excluding carboxylic acids is 2. The number of aliphatic imine (C=N–C) groups is 1. The van der Waals surface area contributed by atoms with Crippen molar-refractivity contribution in [2.24, 2.45) is 4.99 Å². The molecular weight excluding hydrogens is 234 g/mol. The predicted molar refractivity (Wildman–Crippen MR) is 66.5 cm³/mol. The van der Waals surface area contributed by atoms with E-state index in [9.17, 15) is 9.59 Å². The number of hydrogen-bond donors (Lipinski definition) is 1. The van der Waals surface area contributed by atoms with Gasteiger partial charge >= 0.3 is 5.97 Å². The van der Waals surface area contributed by atoms with Crippen molar-refractivity contribution in [3.63, 3.8) is 0 Å². The molecule has 1 amide bonds. The van der Waals surface area contributed by atoms with E-state index >= 15 is 0 Å². The molecule has 6 heteroatoms. The molecule has 1 aromatic carbocycles. The van der Waals surface area contributed by atoms with Gasteiger partial charge in [-0.05, 0) is 12.1 Å². The van der Waals surface area contributed by atoms with Crippen LogP contribution in [0.4, 0.5) is 11.4 Å². The van der Waals surface area contributed by atoms with Gasteiger partial charge in [-0.2, -0.15) is 0 Å². The summed E-state index contributed by atoms with van der Waals surface area (Å²) in [5.41, 5.74) is 3.86. The number of amidine groups is 1. The fraction of sp³-hybridized carbons (Fsp3) is 0.250. The van der Waals surface area contributed by atoms with Crippen LogP contribution in [0.2, 0.25) is 0 Å². The van der Waals surface area contributed by atoms with E-state index in [1.165, 1.54) is 13.8 Å². The lowest BCUT2D eigenvalue weighted by Crippen LogP contribution is -2.42. The zero-order valence-corrected chi connectivity index (χ0v) is 10.1. The highest BCUT2D eigenvalue weighted by atomic mass is 16.7. The van der Waals surface area contributed by atoms with E-state index in [0.29, 0.717) is 11.5 Å². The quantitative estimate of drug-likeness (QED) is 0.698. The SMILES string of the molecule is CC(=O)ONC1=Nc2ccccc2N(C(C)=O)C1. The Morgan fingerprint density at radius 2 is 2.06 bits per heavy atom. The van der Waals surface area contributed by atoms with Crippen LogP contribution in [-0.4, -0.2) is 24.3 Å². The predicted octanol–water partition coefficient (Wildman–Crippen LogP) is 1.15. The first-order valence-corrected chi connectivity index (χ1v) is 5.46. The molecule has 1 aliphatic heterocycles. The molecule has 1 heterocycles. The van der Waals surface area contributed by atoms with Gasteiger partial charge in [0.15, 0.2) is 5.84 Å². The lowest BCUT2D eigenvalue weighted by molar-refractivity contribution is -0.145. The largest absolute Gasteiger partial charge is 0.343 e. The summed E-state index contributed by atoms with van der Waals surface area (Å²) >= 11 is 0. The zero-order chi connectivity index (χ0) is 13.1. The molecule has 0 saturated heterocycles. The number of para-hydroxylation sites is 2. The molecule has 18 heavy (non-hydrogen) atoms. The Hall–Kier alpha value is -2.37. The number of nitrogens with zero attached hydrogens (tertiary/aromatic N) is 2. The molecular formula is C12H13N3O3. The number of carbonyl (C=O) groups is 2. The van der Waals surface area contributed by atoms with Crippen molar-refractivity contribution in [2.45, 2.75) is 13.8 Å². The highest BCUT2D eigenvalue weighted by molar-refractivity contribution is 6.05. The Labute approximate surface area is 104 Å². The number of fused-ring (bicyclic) bond motifs is 1. The molecule has 0 aliphatic carbocycles. The summed E-state index contributed by atoms with van der Waals surface area (Å²) < 4.78 is 0. The lowest BCUT2D eigenvalue weighted by Gasteiger charge is -2.27. The van der Waals surface area contributed by atoms with Gasteiger partial charge in [-0.3, -0.25) is 9.59 Å². The van der Waals surface area contributed by atoms with Crippen molar-refractivity contribution in [2.75, 3.05) is 11.4 Å². The second-order valence-corrected chi connectivity index (χ2v) is 3.85. The van der Waals surface area contributed by atoms with Crippen molar-refractivity contribution in [3.8, 4) is 0 Å². The summed E-state index contributed by atoms with van der Waals surface area (Å²) in [7, 11) is 0. The van der Waals surface area contributed by atoms with Crippen LogP contribution in [0, 0.1) is 0 Å². The Balaban J connectivity index is 2.29. The molecule has 1 aromatic rings. The van der Waals surface area contributed by atoms with Crippen LogP contribution >= 0.6 is 0 Å². The molecule has 0 unspecified atom stereocenters. The molecule has 0 bridgehead atoms. The average Bonchev–Trinajstić information content (AvgIpc) is 2.35. The third-order valence-corrected chi connectivity index (χ3v) is 2.43. The van der Waals surface area contributed by atoms with Crippen molar-refractivity contribution in [3.05, 3.63) is 24.3 Å². The molecule has 1 aliphatic rings. The molecule has 2 rings (SSSR count). The van der Waals surface area contributed by atoms with Crippen molar-refractivity contribution in [1.29, 1.82) is 0 Å². The van der Waals surface area contributed by atoms with E-state index in [0.717, 1.165) is 5.69 Å². The van der Waals surface area contributed by atoms with Gasteiger partial charge in [0.25, 0.3) is 0 Å². The van der Waals surface area contributed by atoms with Gasteiger partial charge < -0.3 is 9.74 Å². The third-order valence-electron chi connectivity index (χ3n) is 2.43. The normalized spacial score (nSPS) is 13.4. The molecule has 6 nitrogen and oxygen atoms in total. The highest BCUT2D eigenvalue weighted by Gasteiger charge is 2.22. The van der Waals surface area contributed by atoms with Gasteiger partial charge in [-0.15, -0.1) is 0 Å². The maximum absolute atomic E-state index is 11.6. The van der Waals surface area contributed by atoms with Gasteiger partial charge in [-0.1, -0.05) is 12.1 Å². The van der Waals surface area contributed by atoms with Crippen LogP contribution < -0.4 is 10.4 Å². The number of hydroxylamine groups is 1. The fourth-order valence-corrected chi connectivity index (χ4v) is 1.67. The summed E-state index contributed by atoms with van der Waals surface area (Å²) in [6.45, 7) is 3.01. The van der Waals surface area contributed by atoms with E-state index in [1.807, 2.05) is 18.2 Å². The first-order chi connectivity index (χ1) is 8.58. The van der Waals surface area contributed by atoms with Crippen molar-refractivity contribution < 1.29 is 14.4 Å². The van der Waals surface area contributed by atoms with Crippen LogP contribution in [0.15, 0.2) is 29.3 Å². The van der Waals surface area contributed by atoms with Crippen LogP contribution in [0.25, 0.3) is 0 Å². The van der Waals surface area contributed by atoms with Crippen LogP contribution in [0.5, 0.6) is 0 Å². The highest BCUT2D eigenvalue weighted by Crippen LogP contribution is 2.31. The van der Waals surface area contributed by atoms with E-state index < -0.39 is 5.97 Å². The van der Waals surface area contributed by atoms with E-state index in [2.05, 4.69) is 15.3 Å². The van der Waals surface area contributed by atoms with Crippen LogP contribution in [0.1, 0.15) is 13.8 Å². The second kappa shape index (κ2) is 4.87. The van der Waals surface area contributed by atoms with Gasteiger partial charge in [-0.25, -0.2) is 10.5 Å². The Morgan fingerprint density at radius 1 is 1.33 bits per heavy atom. The number of hydrogen-bond acceptors (Lipinski definition) is 5. The number of amides is 1. The summed E-state index contributed by atoms with van der Waals surface area (Å²) in [5, 5.41) is 0. The minimum atomic E-state index is -0.467. The molecule has 0 fully saturated rings. The van der Waals surface area contributed by atoms with Gasteiger partial charge in [0.1, 0.15) is 0 Å². The standard InChI is InChI=1S/C12H13N3O3/c1-8(16)15-7-12(14-18-9(2)17)13-10-5-3-4-6-11(10)15/h3-6H,7H2,1-2H3,(H,13,14). The molecule has 0 radical (unpaired) electrons. The van der Waals surface area contributed by atoms with Crippen LogP contribution in [-0.2, 0) is 14.4 Å². The monoisotopic (exact) mass is 247 g/mol. The third kappa shape index (κ3) is 2.48. The second-order valence-electron chi connectivity index (χ2n) is 3.85. The molecule has 0 spiro atoms. The maximum atomic E-state index is 11.6. The molecule has 94 valence electrons. The van der Waals surface area contributed by atoms with Gasteiger partial charge in [0.2, 0.25) is 5.91 Å². The Kier molecular flexibility index (Phi) is 3.27. The summed E-state index contributed by atoms with van der Waals surface area (Å²) in [4.78, 5) is 32.8. The first-order valence-electron chi connectivity index (χ1n) is 5.46. The lowest BCUT2D eigenvalue weighted by atomic mass is 10.2. The zero-order valence-electron chi connectivity index (χ0n) is 10.1. The van der Waals surface area contributed by atoms with E-state index in [4.69, 9.17) is 0 Å². The topological polar surface area (TPSA) is 71.0 Å². The number of anilines is 1. The molecule has 0 aromatic heterocycles. The van der Waals surface area contributed by atoms with E-state index in [1.54, 1.807) is 11.0 Å². The maximum Gasteiger partial charge on any atom is 0.329 e. The van der Waals surface area contributed by atoms with Crippen molar-refractivity contribution >= 4 is 29.1 Å². The Morgan fingerprint density at radius 3 is 2.72 bits per heavy atom. The van der Waals surface area contributed by atoms with Crippen LogP contribution in [0.3, 0.4) is 0 Å². The smallest absolute Gasteiger partial charge is 0.329 e. The molecule has 0 saturated carbocycles. The summed E-state index contributed by atoms with van der Waals surface area (Å²) in [5.74, 6) is -0.149. The minimum absolute atomic E-state index is 0.0977. The fourth-order valence-electron chi connectivity index (χ4n) is 1.67. The Bertz CT molecular complexity index is 525. The molecule has 1 N–H and O–H groups in total. The summed E-state index contributed by atoms with van der Waals surface area (Å²) in [6, 6.07) is 7.28. The van der Waals surface area contributed by atoms with Gasteiger partial charge in [0.05, 0.1) is 17.9 Å².